The van der Waals surface area contributed by atoms with Gasteiger partial charge in [0.2, 0.25) is 0 Å². The Morgan fingerprint density at radius 1 is 1.43 bits per heavy atom. The van der Waals surface area contributed by atoms with E-state index in [0.29, 0.717) is 30.9 Å². The van der Waals surface area contributed by atoms with Gasteiger partial charge in [-0.3, -0.25) is 9.59 Å². The highest BCUT2D eigenvalue weighted by Gasteiger charge is 2.30. The molecule has 1 atom stereocenters. The molecule has 2 rings (SSSR count). The normalized spacial score (nSPS) is 18.4. The standard InChI is InChI=1S/C16H22N2O3/c1-3-21-16(20)12-7-5-9-18(10-12)15(19)14-11(2)6-4-8-13(14)17/h4,6,8,12H,3,5,7,9-10,17H2,1-2H3. The van der Waals surface area contributed by atoms with Crippen LogP contribution in [0, 0.1) is 12.8 Å². The first-order chi connectivity index (χ1) is 10.0. The summed E-state index contributed by atoms with van der Waals surface area (Å²) in [7, 11) is 0. The number of hydrogen-bond donors (Lipinski definition) is 1. The van der Waals surface area contributed by atoms with Crippen LogP contribution in [0.5, 0.6) is 0 Å². The molecular formula is C16H22N2O3. The van der Waals surface area contributed by atoms with Crippen molar-refractivity contribution >= 4 is 17.6 Å². The quantitative estimate of drug-likeness (QED) is 0.682. The SMILES string of the molecule is CCOC(=O)C1CCCN(C(=O)c2c(C)cccc2N)C1. The minimum absolute atomic E-state index is 0.0976. The molecule has 5 heteroatoms. The molecule has 114 valence electrons. The van der Waals surface area contributed by atoms with Gasteiger partial charge >= 0.3 is 5.97 Å². The van der Waals surface area contributed by atoms with Crippen molar-refractivity contribution in [1.29, 1.82) is 0 Å². The second-order valence-corrected chi connectivity index (χ2v) is 5.38. The van der Waals surface area contributed by atoms with Gasteiger partial charge in [0.1, 0.15) is 0 Å². The second-order valence-electron chi connectivity index (χ2n) is 5.38. The van der Waals surface area contributed by atoms with Gasteiger partial charge in [-0.05, 0) is 38.3 Å². The minimum atomic E-state index is -0.229. The third-order valence-corrected chi connectivity index (χ3v) is 3.85. The summed E-state index contributed by atoms with van der Waals surface area (Å²) >= 11 is 0. The highest BCUT2D eigenvalue weighted by Crippen LogP contribution is 2.23. The van der Waals surface area contributed by atoms with E-state index < -0.39 is 0 Å². The van der Waals surface area contributed by atoms with Gasteiger partial charge in [-0.2, -0.15) is 0 Å². The molecule has 0 saturated carbocycles. The van der Waals surface area contributed by atoms with Gasteiger partial charge in [0.05, 0.1) is 18.1 Å². The fourth-order valence-electron chi connectivity index (χ4n) is 2.75. The predicted molar refractivity (Wildman–Crippen MR) is 80.9 cm³/mol. The minimum Gasteiger partial charge on any atom is -0.466 e. The van der Waals surface area contributed by atoms with E-state index in [1.54, 1.807) is 17.9 Å². The lowest BCUT2D eigenvalue weighted by Crippen LogP contribution is -2.43. The number of nitrogen functional groups attached to an aromatic ring is 1. The molecule has 1 aromatic rings. The molecule has 0 bridgehead atoms. The van der Waals surface area contributed by atoms with Gasteiger partial charge in [-0.1, -0.05) is 12.1 Å². The Morgan fingerprint density at radius 2 is 2.19 bits per heavy atom. The Labute approximate surface area is 125 Å². The van der Waals surface area contributed by atoms with Crippen LogP contribution in [0.2, 0.25) is 0 Å². The van der Waals surface area contributed by atoms with Crippen LogP contribution in [0.1, 0.15) is 35.7 Å². The van der Waals surface area contributed by atoms with E-state index in [4.69, 9.17) is 10.5 Å². The van der Waals surface area contributed by atoms with Crippen LogP contribution < -0.4 is 5.73 Å². The van der Waals surface area contributed by atoms with E-state index in [1.165, 1.54) is 0 Å². The summed E-state index contributed by atoms with van der Waals surface area (Å²) in [5.74, 6) is -0.541. The Bertz CT molecular complexity index is 522. The monoisotopic (exact) mass is 290 g/mol. The molecule has 1 aromatic carbocycles. The van der Waals surface area contributed by atoms with Crippen molar-refractivity contribution in [2.45, 2.75) is 26.7 Å². The van der Waals surface area contributed by atoms with E-state index in [-0.39, 0.29) is 17.8 Å². The van der Waals surface area contributed by atoms with Crippen molar-refractivity contribution in [1.82, 2.24) is 4.90 Å². The summed E-state index contributed by atoms with van der Waals surface area (Å²) in [5, 5.41) is 0. The smallest absolute Gasteiger partial charge is 0.310 e. The molecule has 1 heterocycles. The van der Waals surface area contributed by atoms with Gasteiger partial charge in [-0.25, -0.2) is 0 Å². The van der Waals surface area contributed by atoms with E-state index in [2.05, 4.69) is 0 Å². The van der Waals surface area contributed by atoms with Crippen LogP contribution in [-0.2, 0) is 9.53 Å². The molecule has 0 radical (unpaired) electrons. The van der Waals surface area contributed by atoms with Crippen LogP contribution in [0.25, 0.3) is 0 Å². The van der Waals surface area contributed by atoms with Crippen molar-refractivity contribution in [2.24, 2.45) is 5.92 Å². The third kappa shape index (κ3) is 3.35. The molecule has 0 aromatic heterocycles. The second kappa shape index (κ2) is 6.61. The third-order valence-electron chi connectivity index (χ3n) is 3.85. The summed E-state index contributed by atoms with van der Waals surface area (Å²) in [6.45, 7) is 5.09. The van der Waals surface area contributed by atoms with Crippen LogP contribution >= 0.6 is 0 Å². The van der Waals surface area contributed by atoms with Crippen molar-refractivity contribution in [2.75, 3.05) is 25.4 Å². The zero-order chi connectivity index (χ0) is 15.4. The summed E-state index contributed by atoms with van der Waals surface area (Å²) in [6.07, 6.45) is 1.58. The number of nitrogens with zero attached hydrogens (tertiary/aromatic N) is 1. The fraction of sp³-hybridized carbons (Fsp3) is 0.500. The number of rotatable bonds is 3. The Hall–Kier alpha value is -2.04. The number of piperidine rings is 1. The number of carbonyl (C=O) groups excluding carboxylic acids is 2. The average Bonchev–Trinajstić information content (AvgIpc) is 2.47. The average molecular weight is 290 g/mol. The van der Waals surface area contributed by atoms with Crippen molar-refractivity contribution < 1.29 is 14.3 Å². The number of ether oxygens (including phenoxy) is 1. The van der Waals surface area contributed by atoms with E-state index in [9.17, 15) is 9.59 Å². The largest absolute Gasteiger partial charge is 0.466 e. The summed E-state index contributed by atoms with van der Waals surface area (Å²) in [5.41, 5.74) is 7.82. The molecular weight excluding hydrogens is 268 g/mol. The maximum absolute atomic E-state index is 12.7. The summed E-state index contributed by atoms with van der Waals surface area (Å²) < 4.78 is 5.06. The Kier molecular flexibility index (Phi) is 4.83. The predicted octanol–water partition coefficient (Wildman–Crippen LogP) is 1.99. The Morgan fingerprint density at radius 3 is 2.86 bits per heavy atom. The van der Waals surface area contributed by atoms with E-state index in [1.807, 2.05) is 19.1 Å². The Balaban J connectivity index is 2.14. The highest BCUT2D eigenvalue weighted by molar-refractivity contribution is 6.00. The molecule has 0 spiro atoms. The lowest BCUT2D eigenvalue weighted by atomic mass is 9.96. The number of carbonyl (C=O) groups is 2. The fourth-order valence-corrected chi connectivity index (χ4v) is 2.75. The number of esters is 1. The lowest BCUT2D eigenvalue weighted by Gasteiger charge is -2.32. The molecule has 1 aliphatic heterocycles. The van der Waals surface area contributed by atoms with Crippen LogP contribution in [0.4, 0.5) is 5.69 Å². The molecule has 1 saturated heterocycles. The number of benzene rings is 1. The molecule has 1 aliphatic rings. The van der Waals surface area contributed by atoms with Gasteiger partial charge in [0, 0.05) is 18.8 Å². The highest BCUT2D eigenvalue weighted by atomic mass is 16.5. The van der Waals surface area contributed by atoms with Gasteiger partial charge in [-0.15, -0.1) is 0 Å². The first-order valence-electron chi connectivity index (χ1n) is 7.35. The van der Waals surface area contributed by atoms with Crippen molar-refractivity contribution in [3.05, 3.63) is 29.3 Å². The maximum Gasteiger partial charge on any atom is 0.310 e. The van der Waals surface area contributed by atoms with Crippen LogP contribution in [0.3, 0.4) is 0 Å². The summed E-state index contributed by atoms with van der Waals surface area (Å²) in [4.78, 5) is 26.2. The maximum atomic E-state index is 12.7. The van der Waals surface area contributed by atoms with Gasteiger partial charge in [0.25, 0.3) is 5.91 Å². The van der Waals surface area contributed by atoms with Gasteiger partial charge in [0.15, 0.2) is 0 Å². The lowest BCUT2D eigenvalue weighted by molar-refractivity contribution is -0.149. The molecule has 1 unspecified atom stereocenters. The van der Waals surface area contributed by atoms with Crippen LogP contribution in [0.15, 0.2) is 18.2 Å². The van der Waals surface area contributed by atoms with Crippen molar-refractivity contribution in [3.8, 4) is 0 Å². The summed E-state index contributed by atoms with van der Waals surface area (Å²) in [6, 6.07) is 5.43. The number of amides is 1. The first kappa shape index (κ1) is 15.4. The zero-order valence-electron chi connectivity index (χ0n) is 12.6. The van der Waals surface area contributed by atoms with E-state index >= 15 is 0 Å². The topological polar surface area (TPSA) is 72.6 Å². The van der Waals surface area contributed by atoms with Gasteiger partial charge < -0.3 is 15.4 Å². The number of nitrogens with two attached hydrogens (primary N) is 1. The van der Waals surface area contributed by atoms with E-state index in [0.717, 1.165) is 18.4 Å². The number of hydrogen-bond acceptors (Lipinski definition) is 4. The molecule has 5 nitrogen and oxygen atoms in total. The first-order valence-corrected chi connectivity index (χ1v) is 7.35. The number of likely N-dealkylation sites (tertiary alicyclic amines) is 1. The number of aryl methyl sites for hydroxylation is 1. The molecule has 1 amide bonds. The zero-order valence-corrected chi connectivity index (χ0v) is 12.6. The molecule has 21 heavy (non-hydrogen) atoms. The van der Waals surface area contributed by atoms with Crippen molar-refractivity contribution in [3.63, 3.8) is 0 Å². The molecule has 0 aliphatic carbocycles. The molecule has 1 fully saturated rings. The van der Waals surface area contributed by atoms with Crippen LogP contribution in [-0.4, -0.2) is 36.5 Å². The number of anilines is 1. The molecule has 2 N–H and O–H groups in total.